The van der Waals surface area contributed by atoms with Crippen LogP contribution in [0.1, 0.15) is 13.3 Å². The zero-order valence-corrected chi connectivity index (χ0v) is 6.38. The van der Waals surface area contributed by atoms with Crippen molar-refractivity contribution in [2.75, 3.05) is 13.1 Å². The first-order valence-electron chi connectivity index (χ1n) is 3.33. The number of rotatable bonds is 5. The molecule has 0 amide bonds. The summed E-state index contributed by atoms with van der Waals surface area (Å²) in [6, 6.07) is 0. The van der Waals surface area contributed by atoms with E-state index in [2.05, 4.69) is 20.1 Å². The molecular formula is C5H10N6. The Morgan fingerprint density at radius 3 is 2.45 bits per heavy atom. The fraction of sp³-hybridized carbons (Fsp3) is 1.00. The Bertz CT molecular complexity index is 187. The van der Waals surface area contributed by atoms with E-state index in [0.29, 0.717) is 13.1 Å². The summed E-state index contributed by atoms with van der Waals surface area (Å²) in [5, 5.41) is 6.76. The largest absolute Gasteiger partial charge is 0.0940 e. The summed E-state index contributed by atoms with van der Waals surface area (Å²) < 4.78 is 0. The lowest BCUT2D eigenvalue weighted by Crippen LogP contribution is -1.99. The molecule has 0 aromatic rings. The molecule has 1 atom stereocenters. The molecule has 0 heterocycles. The van der Waals surface area contributed by atoms with Gasteiger partial charge in [-0.3, -0.25) is 0 Å². The Balaban J connectivity index is 3.43. The lowest BCUT2D eigenvalue weighted by molar-refractivity contribution is 0.551. The van der Waals surface area contributed by atoms with Crippen molar-refractivity contribution in [1.82, 2.24) is 0 Å². The van der Waals surface area contributed by atoms with Crippen molar-refractivity contribution < 1.29 is 0 Å². The Labute approximate surface area is 64.5 Å². The van der Waals surface area contributed by atoms with Crippen LogP contribution in [0.25, 0.3) is 20.9 Å². The van der Waals surface area contributed by atoms with Crippen molar-refractivity contribution in [3.63, 3.8) is 0 Å². The van der Waals surface area contributed by atoms with Crippen molar-refractivity contribution in [2.45, 2.75) is 13.3 Å². The fourth-order valence-corrected chi connectivity index (χ4v) is 0.590. The summed E-state index contributed by atoms with van der Waals surface area (Å²) in [7, 11) is 0. The molecule has 0 bridgehead atoms. The molecule has 0 aromatic carbocycles. The van der Waals surface area contributed by atoms with Crippen molar-refractivity contribution in [2.24, 2.45) is 16.1 Å². The van der Waals surface area contributed by atoms with Gasteiger partial charge in [-0.05, 0) is 23.4 Å². The van der Waals surface area contributed by atoms with Gasteiger partial charge in [-0.1, -0.05) is 17.2 Å². The first-order chi connectivity index (χ1) is 5.31. The highest BCUT2D eigenvalue weighted by atomic mass is 15.1. The molecule has 6 heteroatoms. The van der Waals surface area contributed by atoms with Gasteiger partial charge in [0.05, 0.1) is 0 Å². The van der Waals surface area contributed by atoms with E-state index < -0.39 is 0 Å². The van der Waals surface area contributed by atoms with Crippen LogP contribution in [-0.4, -0.2) is 13.1 Å². The Morgan fingerprint density at radius 2 is 1.91 bits per heavy atom. The van der Waals surface area contributed by atoms with Gasteiger partial charge in [0, 0.05) is 22.9 Å². The first-order valence-corrected chi connectivity index (χ1v) is 3.33. The van der Waals surface area contributed by atoms with E-state index in [1.165, 1.54) is 0 Å². The third-order valence-corrected chi connectivity index (χ3v) is 1.24. The molecule has 0 aliphatic carbocycles. The molecule has 1 unspecified atom stereocenters. The van der Waals surface area contributed by atoms with Gasteiger partial charge >= 0.3 is 0 Å². The monoisotopic (exact) mass is 154 g/mol. The maximum atomic E-state index is 7.96. The molecule has 0 aliphatic heterocycles. The van der Waals surface area contributed by atoms with Crippen LogP contribution in [0.15, 0.2) is 10.2 Å². The minimum atomic E-state index is 0.288. The second kappa shape index (κ2) is 6.74. The Hall–Kier alpha value is -1.38. The van der Waals surface area contributed by atoms with Crippen LogP contribution in [0.2, 0.25) is 0 Å². The fourth-order valence-electron chi connectivity index (χ4n) is 0.590. The molecule has 0 aromatic heterocycles. The van der Waals surface area contributed by atoms with Crippen molar-refractivity contribution in [3.05, 3.63) is 20.9 Å². The number of nitrogens with zero attached hydrogens (tertiary/aromatic N) is 6. The van der Waals surface area contributed by atoms with Gasteiger partial charge in [-0.2, -0.15) is 0 Å². The lowest BCUT2D eigenvalue weighted by atomic mass is 10.1. The van der Waals surface area contributed by atoms with Gasteiger partial charge in [-0.25, -0.2) is 0 Å². The average Bonchev–Trinajstić information content (AvgIpc) is 2.01. The smallest absolute Gasteiger partial charge is 0.0283 e. The van der Waals surface area contributed by atoms with E-state index in [0.717, 1.165) is 6.42 Å². The SMILES string of the molecule is CC(CCN=[N+]=[N-])CN=[N+]=[N-]. The summed E-state index contributed by atoms with van der Waals surface area (Å²) in [6.45, 7) is 2.89. The third-order valence-electron chi connectivity index (χ3n) is 1.24. The van der Waals surface area contributed by atoms with Gasteiger partial charge in [0.1, 0.15) is 0 Å². The molecular weight excluding hydrogens is 144 g/mol. The highest BCUT2D eigenvalue weighted by Crippen LogP contribution is 2.01. The van der Waals surface area contributed by atoms with E-state index in [-0.39, 0.29) is 5.92 Å². The van der Waals surface area contributed by atoms with Gasteiger partial charge in [0.2, 0.25) is 0 Å². The third kappa shape index (κ3) is 6.51. The topological polar surface area (TPSA) is 97.5 Å². The second-order valence-corrected chi connectivity index (χ2v) is 2.26. The first kappa shape index (κ1) is 9.62. The molecule has 0 saturated heterocycles. The van der Waals surface area contributed by atoms with Gasteiger partial charge in [0.15, 0.2) is 0 Å². The van der Waals surface area contributed by atoms with Gasteiger partial charge in [-0.15, -0.1) is 0 Å². The van der Waals surface area contributed by atoms with Crippen molar-refractivity contribution in [1.29, 1.82) is 0 Å². The molecule has 0 aliphatic rings. The van der Waals surface area contributed by atoms with Crippen LogP contribution < -0.4 is 0 Å². The number of azide groups is 2. The molecule has 0 spiro atoms. The van der Waals surface area contributed by atoms with Crippen LogP contribution in [0, 0.1) is 5.92 Å². The van der Waals surface area contributed by atoms with E-state index in [1.807, 2.05) is 6.92 Å². The lowest BCUT2D eigenvalue weighted by Gasteiger charge is -2.02. The summed E-state index contributed by atoms with van der Waals surface area (Å²) in [4.78, 5) is 5.23. The van der Waals surface area contributed by atoms with E-state index in [9.17, 15) is 0 Å². The minimum Gasteiger partial charge on any atom is -0.0940 e. The summed E-state index contributed by atoms with van der Waals surface area (Å²) >= 11 is 0. The predicted octanol–water partition coefficient (Wildman–Crippen LogP) is 2.63. The average molecular weight is 154 g/mol. The molecule has 0 radical (unpaired) electrons. The second-order valence-electron chi connectivity index (χ2n) is 2.26. The maximum Gasteiger partial charge on any atom is 0.0283 e. The van der Waals surface area contributed by atoms with Gasteiger partial charge in [0.25, 0.3) is 0 Å². The van der Waals surface area contributed by atoms with Crippen LogP contribution in [0.3, 0.4) is 0 Å². The zero-order chi connectivity index (χ0) is 8.53. The minimum absolute atomic E-state index is 0.288. The molecule has 11 heavy (non-hydrogen) atoms. The maximum absolute atomic E-state index is 7.96. The van der Waals surface area contributed by atoms with Crippen LogP contribution in [0.5, 0.6) is 0 Å². The number of hydrogen-bond acceptors (Lipinski definition) is 2. The highest BCUT2D eigenvalue weighted by Gasteiger charge is 1.97. The summed E-state index contributed by atoms with van der Waals surface area (Å²) in [5.41, 5.74) is 15.9. The molecule has 6 nitrogen and oxygen atoms in total. The van der Waals surface area contributed by atoms with Crippen molar-refractivity contribution >= 4 is 0 Å². The molecule has 0 N–H and O–H groups in total. The molecule has 0 rings (SSSR count). The quantitative estimate of drug-likeness (QED) is 0.330. The normalized spacial score (nSPS) is 11.0. The predicted molar refractivity (Wildman–Crippen MR) is 41.8 cm³/mol. The van der Waals surface area contributed by atoms with E-state index in [4.69, 9.17) is 11.1 Å². The summed E-state index contributed by atoms with van der Waals surface area (Å²) in [5.74, 6) is 0.288. The Kier molecular flexibility index (Phi) is 5.89. The van der Waals surface area contributed by atoms with Gasteiger partial charge < -0.3 is 0 Å². The van der Waals surface area contributed by atoms with Crippen LogP contribution in [0.4, 0.5) is 0 Å². The van der Waals surface area contributed by atoms with Crippen LogP contribution in [-0.2, 0) is 0 Å². The highest BCUT2D eigenvalue weighted by molar-refractivity contribution is 4.59. The molecule has 60 valence electrons. The molecule has 0 saturated carbocycles. The van der Waals surface area contributed by atoms with Crippen molar-refractivity contribution in [3.8, 4) is 0 Å². The summed E-state index contributed by atoms with van der Waals surface area (Å²) in [6.07, 6.45) is 0.767. The van der Waals surface area contributed by atoms with E-state index >= 15 is 0 Å². The molecule has 0 fully saturated rings. The van der Waals surface area contributed by atoms with Crippen LogP contribution >= 0.6 is 0 Å². The number of hydrogen-bond donors (Lipinski definition) is 0. The standard InChI is InChI=1S/C5H10N6/c1-5(4-9-11-7)2-3-8-10-6/h5H,2-4H2,1H3. The van der Waals surface area contributed by atoms with E-state index in [1.54, 1.807) is 0 Å². The zero-order valence-electron chi connectivity index (χ0n) is 6.38. The Morgan fingerprint density at radius 1 is 1.27 bits per heavy atom.